The highest BCUT2D eigenvalue weighted by Gasteiger charge is 2.61. The molecule has 7 nitrogen and oxygen atoms in total. The van der Waals surface area contributed by atoms with Crippen LogP contribution in [0.15, 0.2) is 54.6 Å². The van der Waals surface area contributed by atoms with E-state index in [1.807, 2.05) is 30.0 Å². The number of fused-ring (bicyclic) bond motifs is 2. The lowest BCUT2D eigenvalue weighted by atomic mass is 9.93. The fourth-order valence-electron chi connectivity index (χ4n) is 5.93. The van der Waals surface area contributed by atoms with Crippen molar-refractivity contribution < 1.29 is 23.5 Å². The standard InChI is InChI=1S/C30H26F2N4O3/c1-16-20-5-3-2-4-17(20)10-11-35(16)28(37)25-13-26(18-6-7-18)36-27(33-25)14-24(34-36)21-9-8-19(12-23(21)31)30(32)15-22(30)29(38)39/h2-5,8-9,12-14,16,18,22H,6-7,10-11,15H2,1H3,(H,38,39)/t16-,22?,30?/m1/s1. The maximum Gasteiger partial charge on any atom is 0.310 e. The van der Waals surface area contributed by atoms with Gasteiger partial charge >= 0.3 is 5.97 Å². The third-order valence-electron chi connectivity index (χ3n) is 8.44. The van der Waals surface area contributed by atoms with Gasteiger partial charge in [0.1, 0.15) is 17.2 Å². The van der Waals surface area contributed by atoms with E-state index >= 15 is 4.39 Å². The molecule has 9 heteroatoms. The number of nitrogens with zero attached hydrogens (tertiary/aromatic N) is 4. The van der Waals surface area contributed by atoms with E-state index in [9.17, 15) is 14.0 Å². The number of carboxylic acids is 1. The Morgan fingerprint density at radius 3 is 2.62 bits per heavy atom. The van der Waals surface area contributed by atoms with E-state index in [2.05, 4.69) is 22.2 Å². The van der Waals surface area contributed by atoms with Crippen molar-refractivity contribution in [3.8, 4) is 11.3 Å². The molecule has 198 valence electrons. The molecule has 1 amide bonds. The van der Waals surface area contributed by atoms with Gasteiger partial charge in [0.25, 0.3) is 5.91 Å². The van der Waals surface area contributed by atoms with E-state index in [4.69, 9.17) is 5.11 Å². The largest absolute Gasteiger partial charge is 0.481 e. The van der Waals surface area contributed by atoms with Gasteiger partial charge in [0, 0.05) is 36.2 Å². The van der Waals surface area contributed by atoms with Crippen LogP contribution in [0.1, 0.15) is 71.0 Å². The van der Waals surface area contributed by atoms with Gasteiger partial charge in [-0.05, 0) is 61.1 Å². The zero-order valence-electron chi connectivity index (χ0n) is 21.3. The summed E-state index contributed by atoms with van der Waals surface area (Å²) in [4.78, 5) is 31.4. The van der Waals surface area contributed by atoms with Crippen molar-refractivity contribution in [3.63, 3.8) is 0 Å². The molecule has 0 spiro atoms. The van der Waals surface area contributed by atoms with E-state index in [0.717, 1.165) is 36.6 Å². The second kappa shape index (κ2) is 8.43. The van der Waals surface area contributed by atoms with Crippen LogP contribution in [0.2, 0.25) is 0 Å². The van der Waals surface area contributed by atoms with E-state index in [1.165, 1.54) is 17.7 Å². The number of hydrogen-bond acceptors (Lipinski definition) is 4. The highest BCUT2D eigenvalue weighted by Crippen LogP contribution is 2.56. The lowest BCUT2D eigenvalue weighted by Crippen LogP contribution is -2.39. The molecule has 0 saturated heterocycles. The van der Waals surface area contributed by atoms with E-state index in [1.54, 1.807) is 10.6 Å². The van der Waals surface area contributed by atoms with Crippen molar-refractivity contribution in [2.24, 2.45) is 5.92 Å². The highest BCUT2D eigenvalue weighted by molar-refractivity contribution is 5.93. The molecule has 2 unspecified atom stereocenters. The van der Waals surface area contributed by atoms with Crippen LogP contribution in [0, 0.1) is 11.7 Å². The van der Waals surface area contributed by atoms with Crippen molar-refractivity contribution in [3.05, 3.63) is 88.5 Å². The smallest absolute Gasteiger partial charge is 0.310 e. The average molecular weight is 529 g/mol. The number of benzene rings is 2. The number of aliphatic carboxylic acids is 1. The maximum absolute atomic E-state index is 15.2. The fraction of sp³-hybridized carbons (Fsp3) is 0.333. The summed E-state index contributed by atoms with van der Waals surface area (Å²) in [6, 6.07) is 15.4. The number of carboxylic acid groups (broad SMARTS) is 1. The van der Waals surface area contributed by atoms with E-state index in [0.29, 0.717) is 23.6 Å². The number of carbonyl (C=O) groups is 2. The van der Waals surface area contributed by atoms with E-state index in [-0.39, 0.29) is 35.4 Å². The third-order valence-corrected chi connectivity index (χ3v) is 8.44. The topological polar surface area (TPSA) is 87.8 Å². The van der Waals surface area contributed by atoms with Crippen molar-refractivity contribution in [1.29, 1.82) is 0 Å². The van der Waals surface area contributed by atoms with Gasteiger partial charge in [-0.15, -0.1) is 0 Å². The van der Waals surface area contributed by atoms with Gasteiger partial charge in [0.2, 0.25) is 0 Å². The fourth-order valence-corrected chi connectivity index (χ4v) is 5.93. The Morgan fingerprint density at radius 1 is 1.10 bits per heavy atom. The van der Waals surface area contributed by atoms with Crippen molar-refractivity contribution in [2.75, 3.05) is 6.54 Å². The molecule has 0 bridgehead atoms. The zero-order chi connectivity index (χ0) is 27.1. The summed E-state index contributed by atoms with van der Waals surface area (Å²) >= 11 is 0. The molecule has 0 radical (unpaired) electrons. The molecule has 1 N–H and O–H groups in total. The molecule has 2 aromatic heterocycles. The molecule has 2 saturated carbocycles. The Bertz CT molecular complexity index is 1680. The van der Waals surface area contributed by atoms with Gasteiger partial charge in [0.15, 0.2) is 5.65 Å². The summed E-state index contributed by atoms with van der Waals surface area (Å²) < 4.78 is 31.8. The Balaban J connectivity index is 1.24. The number of hydrogen-bond donors (Lipinski definition) is 1. The second-order valence-electron chi connectivity index (χ2n) is 10.9. The van der Waals surface area contributed by atoms with Crippen LogP contribution in [0.5, 0.6) is 0 Å². The van der Waals surface area contributed by atoms with Crippen LogP contribution in [-0.2, 0) is 16.9 Å². The Kier molecular flexibility index (Phi) is 5.17. The van der Waals surface area contributed by atoms with Crippen LogP contribution in [-0.4, -0.2) is 43.0 Å². The predicted octanol–water partition coefficient (Wildman–Crippen LogP) is 5.44. The Hall–Kier alpha value is -4.14. The molecule has 3 aliphatic rings. The quantitative estimate of drug-likeness (QED) is 0.373. The predicted molar refractivity (Wildman–Crippen MR) is 138 cm³/mol. The van der Waals surface area contributed by atoms with Gasteiger partial charge in [-0.2, -0.15) is 5.10 Å². The van der Waals surface area contributed by atoms with Crippen molar-refractivity contribution in [2.45, 2.75) is 50.2 Å². The van der Waals surface area contributed by atoms with Gasteiger partial charge in [-0.25, -0.2) is 18.3 Å². The first-order valence-corrected chi connectivity index (χ1v) is 13.3. The molecule has 7 rings (SSSR count). The zero-order valence-corrected chi connectivity index (χ0v) is 21.3. The molecule has 2 aromatic carbocycles. The molecule has 4 aromatic rings. The minimum atomic E-state index is -2.05. The number of alkyl halides is 1. The van der Waals surface area contributed by atoms with Crippen LogP contribution in [0.3, 0.4) is 0 Å². The summed E-state index contributed by atoms with van der Waals surface area (Å²) in [5.41, 5.74) is 2.49. The van der Waals surface area contributed by atoms with Gasteiger partial charge in [-0.1, -0.05) is 30.3 Å². The van der Waals surface area contributed by atoms with Crippen molar-refractivity contribution in [1.82, 2.24) is 19.5 Å². The molecule has 1 aliphatic heterocycles. The summed E-state index contributed by atoms with van der Waals surface area (Å²) in [5, 5.41) is 13.7. The van der Waals surface area contributed by atoms with Crippen LogP contribution in [0.25, 0.3) is 16.9 Å². The molecular formula is C30H26F2N4O3. The monoisotopic (exact) mass is 528 g/mol. The SMILES string of the molecule is C[C@@H]1c2ccccc2CCN1C(=O)c1cc(C2CC2)n2nc(-c3ccc(C4(F)CC4C(=O)O)cc3F)cc2n1. The number of rotatable bonds is 5. The summed E-state index contributed by atoms with van der Waals surface area (Å²) in [7, 11) is 0. The lowest BCUT2D eigenvalue weighted by Gasteiger charge is -2.35. The van der Waals surface area contributed by atoms with Crippen LogP contribution >= 0.6 is 0 Å². The highest BCUT2D eigenvalue weighted by atomic mass is 19.1. The first-order valence-electron chi connectivity index (χ1n) is 13.3. The Morgan fingerprint density at radius 2 is 1.90 bits per heavy atom. The van der Waals surface area contributed by atoms with E-state index < -0.39 is 23.4 Å². The number of halogens is 2. The second-order valence-corrected chi connectivity index (χ2v) is 10.9. The molecule has 2 aliphatic carbocycles. The number of aromatic nitrogens is 3. The molecule has 3 heterocycles. The summed E-state index contributed by atoms with van der Waals surface area (Å²) in [6.45, 7) is 2.63. The van der Waals surface area contributed by atoms with Gasteiger partial charge < -0.3 is 10.0 Å². The number of amides is 1. The van der Waals surface area contributed by atoms with Gasteiger partial charge in [0.05, 0.1) is 17.7 Å². The average Bonchev–Trinajstić information content (AvgIpc) is 3.84. The first kappa shape index (κ1) is 23.9. The first-order chi connectivity index (χ1) is 18.7. The maximum atomic E-state index is 15.2. The van der Waals surface area contributed by atoms with Crippen LogP contribution in [0.4, 0.5) is 8.78 Å². The minimum absolute atomic E-state index is 0.0156. The summed E-state index contributed by atoms with van der Waals surface area (Å²) in [6.07, 6.45) is 2.56. The summed E-state index contributed by atoms with van der Waals surface area (Å²) in [5.74, 6) is -2.97. The molecule has 39 heavy (non-hydrogen) atoms. The molecular weight excluding hydrogens is 502 g/mol. The van der Waals surface area contributed by atoms with Crippen LogP contribution < -0.4 is 0 Å². The van der Waals surface area contributed by atoms with Crippen molar-refractivity contribution >= 4 is 17.5 Å². The minimum Gasteiger partial charge on any atom is -0.481 e. The Labute approximate surface area is 223 Å². The lowest BCUT2D eigenvalue weighted by molar-refractivity contribution is -0.139. The molecule has 3 atom stereocenters. The normalized spacial score (nSPS) is 24.0. The third kappa shape index (κ3) is 3.82. The molecule has 2 fully saturated rings. The van der Waals surface area contributed by atoms with Gasteiger partial charge in [-0.3, -0.25) is 9.59 Å². The number of carbonyl (C=O) groups excluding carboxylic acids is 1.